The number of hydrogen-bond donors (Lipinski definition) is 0. The maximum absolute atomic E-state index is 13.7. The first-order chi connectivity index (χ1) is 17.0. The standard InChI is InChI=1S/C27H24N4O4/c1-4-34-23-12-8-6-10-20(23)25-28-24(35-29-25)16-30-21-11-7-5-9-19(21)26(32)31(27(30)33)22-15-17(2)13-14-18(22)3/h5-15H,4,16H2,1-3H3. The molecule has 2 aromatic heterocycles. The van der Waals surface area contributed by atoms with Crippen molar-refractivity contribution in [2.24, 2.45) is 0 Å². The van der Waals surface area contributed by atoms with Crippen LogP contribution in [0, 0.1) is 13.8 Å². The largest absolute Gasteiger partial charge is 0.493 e. The zero-order valence-electron chi connectivity index (χ0n) is 19.7. The third-order valence-corrected chi connectivity index (χ3v) is 5.85. The summed E-state index contributed by atoms with van der Waals surface area (Å²) >= 11 is 0. The summed E-state index contributed by atoms with van der Waals surface area (Å²) in [4.78, 5) is 31.6. The summed E-state index contributed by atoms with van der Waals surface area (Å²) in [6, 6.07) is 20.1. The fourth-order valence-electron chi connectivity index (χ4n) is 4.14. The summed E-state index contributed by atoms with van der Waals surface area (Å²) in [5.41, 5.74) is 2.68. The van der Waals surface area contributed by atoms with Crippen molar-refractivity contribution in [3.05, 3.63) is 105 Å². The van der Waals surface area contributed by atoms with E-state index in [0.717, 1.165) is 11.1 Å². The van der Waals surface area contributed by atoms with Gasteiger partial charge in [0.2, 0.25) is 11.7 Å². The van der Waals surface area contributed by atoms with Gasteiger partial charge in [0.25, 0.3) is 5.56 Å². The van der Waals surface area contributed by atoms with Gasteiger partial charge in [0.05, 0.1) is 28.8 Å². The summed E-state index contributed by atoms with van der Waals surface area (Å²) < 4.78 is 13.9. The van der Waals surface area contributed by atoms with Crippen LogP contribution < -0.4 is 16.0 Å². The molecular weight excluding hydrogens is 444 g/mol. The lowest BCUT2D eigenvalue weighted by molar-refractivity contribution is 0.340. The number of aryl methyl sites for hydroxylation is 2. The average Bonchev–Trinajstić information content (AvgIpc) is 3.33. The second-order valence-corrected chi connectivity index (χ2v) is 8.26. The molecule has 5 rings (SSSR count). The number of para-hydroxylation sites is 2. The molecule has 0 N–H and O–H groups in total. The van der Waals surface area contributed by atoms with Crippen LogP contribution in [0.15, 0.2) is 80.8 Å². The molecule has 35 heavy (non-hydrogen) atoms. The highest BCUT2D eigenvalue weighted by molar-refractivity contribution is 5.78. The molecule has 176 valence electrons. The molecule has 8 nitrogen and oxygen atoms in total. The lowest BCUT2D eigenvalue weighted by Crippen LogP contribution is -2.39. The van der Waals surface area contributed by atoms with Gasteiger partial charge in [-0.15, -0.1) is 0 Å². The van der Waals surface area contributed by atoms with E-state index in [1.807, 2.05) is 63.2 Å². The Morgan fingerprint density at radius 1 is 0.971 bits per heavy atom. The van der Waals surface area contributed by atoms with E-state index >= 15 is 0 Å². The Bertz CT molecular complexity index is 1660. The SMILES string of the molecule is CCOc1ccccc1-c1noc(Cn2c(=O)n(-c3cc(C)ccc3C)c(=O)c3ccccc32)n1. The number of hydrogen-bond acceptors (Lipinski definition) is 6. The van der Waals surface area contributed by atoms with E-state index in [-0.39, 0.29) is 18.0 Å². The van der Waals surface area contributed by atoms with Crippen molar-refractivity contribution in [2.75, 3.05) is 6.61 Å². The minimum atomic E-state index is -0.475. The van der Waals surface area contributed by atoms with E-state index in [1.165, 1.54) is 9.13 Å². The average molecular weight is 469 g/mol. The molecule has 0 amide bonds. The minimum absolute atomic E-state index is 0.00823. The minimum Gasteiger partial charge on any atom is -0.493 e. The van der Waals surface area contributed by atoms with Crippen LogP contribution in [0.4, 0.5) is 0 Å². The zero-order valence-corrected chi connectivity index (χ0v) is 19.7. The Morgan fingerprint density at radius 2 is 1.74 bits per heavy atom. The van der Waals surface area contributed by atoms with Gasteiger partial charge in [-0.2, -0.15) is 4.98 Å². The van der Waals surface area contributed by atoms with E-state index < -0.39 is 5.69 Å². The molecule has 0 atom stereocenters. The Kier molecular flexibility index (Phi) is 5.78. The van der Waals surface area contributed by atoms with Crippen molar-refractivity contribution < 1.29 is 9.26 Å². The van der Waals surface area contributed by atoms with Crippen molar-refractivity contribution in [1.82, 2.24) is 19.3 Å². The van der Waals surface area contributed by atoms with Gasteiger partial charge in [-0.05, 0) is 62.2 Å². The first-order valence-electron chi connectivity index (χ1n) is 11.3. The van der Waals surface area contributed by atoms with Crippen LogP contribution in [-0.4, -0.2) is 25.9 Å². The fraction of sp³-hybridized carbons (Fsp3) is 0.185. The maximum Gasteiger partial charge on any atom is 0.336 e. The number of aromatic nitrogens is 4. The third kappa shape index (κ3) is 4.03. The Morgan fingerprint density at radius 3 is 2.57 bits per heavy atom. The van der Waals surface area contributed by atoms with Gasteiger partial charge in [-0.3, -0.25) is 9.36 Å². The quantitative estimate of drug-likeness (QED) is 0.370. The van der Waals surface area contributed by atoms with E-state index in [4.69, 9.17) is 9.26 Å². The lowest BCUT2D eigenvalue weighted by Gasteiger charge is -2.14. The van der Waals surface area contributed by atoms with E-state index in [0.29, 0.717) is 40.3 Å². The molecule has 0 aliphatic heterocycles. The molecule has 3 aromatic carbocycles. The van der Waals surface area contributed by atoms with Crippen LogP contribution in [0.25, 0.3) is 28.0 Å². The Labute approximate surface area is 201 Å². The summed E-state index contributed by atoms with van der Waals surface area (Å²) in [5.74, 6) is 1.25. The second kappa shape index (κ2) is 9.06. The second-order valence-electron chi connectivity index (χ2n) is 8.26. The summed E-state index contributed by atoms with van der Waals surface area (Å²) in [7, 11) is 0. The zero-order chi connectivity index (χ0) is 24.5. The number of rotatable bonds is 6. The lowest BCUT2D eigenvalue weighted by atomic mass is 10.1. The van der Waals surface area contributed by atoms with Gasteiger partial charge >= 0.3 is 5.69 Å². The highest BCUT2D eigenvalue weighted by atomic mass is 16.5. The molecule has 0 aliphatic carbocycles. The van der Waals surface area contributed by atoms with Crippen LogP contribution in [0.3, 0.4) is 0 Å². The summed E-state index contributed by atoms with van der Waals surface area (Å²) in [5, 5.41) is 4.53. The molecule has 0 saturated heterocycles. The monoisotopic (exact) mass is 468 g/mol. The number of fused-ring (bicyclic) bond motifs is 1. The maximum atomic E-state index is 13.7. The highest BCUT2D eigenvalue weighted by Crippen LogP contribution is 2.27. The molecule has 0 aliphatic rings. The van der Waals surface area contributed by atoms with Crippen LogP contribution >= 0.6 is 0 Å². The molecular formula is C27H24N4O4. The molecule has 0 bridgehead atoms. The highest BCUT2D eigenvalue weighted by Gasteiger charge is 2.19. The molecule has 8 heteroatoms. The number of benzene rings is 3. The topological polar surface area (TPSA) is 92.2 Å². The van der Waals surface area contributed by atoms with E-state index in [1.54, 1.807) is 24.3 Å². The molecule has 5 aromatic rings. The molecule has 2 heterocycles. The Hall–Kier alpha value is -4.46. The van der Waals surface area contributed by atoms with Gasteiger partial charge in [0, 0.05) is 0 Å². The van der Waals surface area contributed by atoms with Gasteiger partial charge in [-0.25, -0.2) is 9.36 Å². The van der Waals surface area contributed by atoms with E-state index in [9.17, 15) is 9.59 Å². The predicted molar refractivity (Wildman–Crippen MR) is 133 cm³/mol. The van der Waals surface area contributed by atoms with Gasteiger partial charge in [0.1, 0.15) is 12.3 Å². The molecule has 0 radical (unpaired) electrons. The molecule has 0 spiro atoms. The van der Waals surface area contributed by atoms with Crippen molar-refractivity contribution in [3.63, 3.8) is 0 Å². The van der Waals surface area contributed by atoms with Crippen molar-refractivity contribution in [1.29, 1.82) is 0 Å². The Balaban J connectivity index is 1.66. The number of nitrogens with zero attached hydrogens (tertiary/aromatic N) is 4. The van der Waals surface area contributed by atoms with Crippen LogP contribution in [0.2, 0.25) is 0 Å². The van der Waals surface area contributed by atoms with Crippen LogP contribution in [-0.2, 0) is 6.54 Å². The van der Waals surface area contributed by atoms with Crippen molar-refractivity contribution in [3.8, 4) is 22.8 Å². The van der Waals surface area contributed by atoms with Crippen molar-refractivity contribution in [2.45, 2.75) is 27.3 Å². The first-order valence-corrected chi connectivity index (χ1v) is 11.3. The third-order valence-electron chi connectivity index (χ3n) is 5.85. The fourth-order valence-corrected chi connectivity index (χ4v) is 4.14. The number of ether oxygens (including phenoxy) is 1. The smallest absolute Gasteiger partial charge is 0.336 e. The summed E-state index contributed by atoms with van der Waals surface area (Å²) in [6.07, 6.45) is 0. The molecule has 0 saturated carbocycles. The van der Waals surface area contributed by atoms with Gasteiger partial charge in [0.15, 0.2) is 0 Å². The van der Waals surface area contributed by atoms with Crippen LogP contribution in [0.5, 0.6) is 5.75 Å². The van der Waals surface area contributed by atoms with Gasteiger partial charge in [-0.1, -0.05) is 41.6 Å². The molecule has 0 unspecified atom stereocenters. The van der Waals surface area contributed by atoms with Crippen molar-refractivity contribution >= 4 is 10.9 Å². The normalized spacial score (nSPS) is 11.2. The van der Waals surface area contributed by atoms with Crippen LogP contribution in [0.1, 0.15) is 23.9 Å². The first kappa shape index (κ1) is 22.3. The summed E-state index contributed by atoms with van der Waals surface area (Å²) in [6.45, 7) is 6.21. The predicted octanol–water partition coefficient (Wildman–Crippen LogP) is 4.27. The molecule has 0 fully saturated rings. The van der Waals surface area contributed by atoms with Gasteiger partial charge < -0.3 is 9.26 Å². The van der Waals surface area contributed by atoms with E-state index in [2.05, 4.69) is 10.1 Å².